The fourth-order valence-electron chi connectivity index (χ4n) is 5.76. The smallest absolute Gasteiger partial charge is 0.253 e. The second-order valence-electron chi connectivity index (χ2n) is 13.3. The molecule has 0 saturated heterocycles. The van der Waals surface area contributed by atoms with Gasteiger partial charge >= 0.3 is 0 Å². The summed E-state index contributed by atoms with van der Waals surface area (Å²) >= 11 is 0. The van der Waals surface area contributed by atoms with Crippen LogP contribution in [0.3, 0.4) is 0 Å². The minimum Gasteiger partial charge on any atom is -0.354 e. The van der Waals surface area contributed by atoms with Crippen molar-refractivity contribution >= 4 is 23.6 Å². The van der Waals surface area contributed by atoms with E-state index in [4.69, 9.17) is 0 Å². The second kappa shape index (κ2) is 19.4. The van der Waals surface area contributed by atoms with Crippen molar-refractivity contribution in [1.82, 2.24) is 26.2 Å². The Labute approximate surface area is 266 Å². The molecule has 4 N–H and O–H groups in total. The first-order valence-corrected chi connectivity index (χ1v) is 17.0. The summed E-state index contributed by atoms with van der Waals surface area (Å²) in [6, 6.07) is 5.61. The molecule has 0 aromatic heterocycles. The summed E-state index contributed by atoms with van der Waals surface area (Å²) in [5.74, 6) is 0.0692. The maximum absolute atomic E-state index is 13.5. The van der Waals surface area contributed by atoms with Crippen molar-refractivity contribution < 1.29 is 19.2 Å². The lowest BCUT2D eigenvalue weighted by atomic mass is 9.84. The van der Waals surface area contributed by atoms with Crippen molar-refractivity contribution in [2.45, 2.75) is 118 Å². The van der Waals surface area contributed by atoms with Gasteiger partial charge in [-0.2, -0.15) is 0 Å². The highest BCUT2D eigenvalue weighted by Gasteiger charge is 2.27. The molecule has 0 spiro atoms. The third-order valence-electron chi connectivity index (χ3n) is 8.32. The van der Waals surface area contributed by atoms with Crippen LogP contribution in [0.4, 0.5) is 0 Å². The quantitative estimate of drug-likeness (QED) is 0.188. The van der Waals surface area contributed by atoms with Gasteiger partial charge in [0.25, 0.3) is 11.8 Å². The summed E-state index contributed by atoms with van der Waals surface area (Å²) in [7, 11) is 0. The lowest BCUT2D eigenvalue weighted by molar-refractivity contribution is -0.131. The molecule has 44 heavy (non-hydrogen) atoms. The molecule has 1 aromatic carbocycles. The lowest BCUT2D eigenvalue weighted by Crippen LogP contribution is -2.55. The van der Waals surface area contributed by atoms with Crippen LogP contribution in [0.5, 0.6) is 0 Å². The standard InChI is InChI=1S/C35H59N5O4/c1-8-18-40(19-9-2)35(44)29-17-13-16-28(21-29)33(42)38-30(20-27-14-11-10-12-15-27)23-36-26(7)32(41)39-31(25(5)6)34(43)37-22-24(3)4/h13,16-17,21,24-27,30-31,36H,8-12,14-15,18-20,22-23H2,1-7H3,(H,37,43)(H,38,42)(H,39,41). The number of nitrogens with zero attached hydrogens (tertiary/aromatic N) is 1. The van der Waals surface area contributed by atoms with Crippen LogP contribution in [0, 0.1) is 17.8 Å². The Morgan fingerprint density at radius 1 is 0.841 bits per heavy atom. The van der Waals surface area contributed by atoms with Crippen LogP contribution in [0.25, 0.3) is 0 Å². The van der Waals surface area contributed by atoms with Crippen molar-refractivity contribution in [3.63, 3.8) is 0 Å². The molecule has 0 bridgehead atoms. The number of hydrogen-bond donors (Lipinski definition) is 4. The Morgan fingerprint density at radius 3 is 2.07 bits per heavy atom. The van der Waals surface area contributed by atoms with Crippen molar-refractivity contribution in [3.8, 4) is 0 Å². The van der Waals surface area contributed by atoms with Gasteiger partial charge in [0.15, 0.2) is 0 Å². The molecule has 3 unspecified atom stereocenters. The molecule has 1 aromatic rings. The SMILES string of the molecule is CCCN(CCC)C(=O)c1cccc(C(=O)NC(CNC(C)C(=O)NC(C(=O)NCC(C)C)C(C)C)CC2CCCCC2)c1. The van der Waals surface area contributed by atoms with Gasteiger partial charge in [-0.3, -0.25) is 19.2 Å². The molecule has 1 aliphatic carbocycles. The number of hydrogen-bond acceptors (Lipinski definition) is 5. The van der Waals surface area contributed by atoms with Gasteiger partial charge in [0.05, 0.1) is 6.04 Å². The highest BCUT2D eigenvalue weighted by Crippen LogP contribution is 2.27. The van der Waals surface area contributed by atoms with Crippen LogP contribution in [0.15, 0.2) is 24.3 Å². The Kier molecular flexibility index (Phi) is 16.5. The normalized spacial score (nSPS) is 15.8. The lowest BCUT2D eigenvalue weighted by Gasteiger charge is -2.29. The van der Waals surface area contributed by atoms with Crippen LogP contribution >= 0.6 is 0 Å². The average molecular weight is 614 g/mol. The van der Waals surface area contributed by atoms with Gasteiger partial charge in [-0.1, -0.05) is 79.7 Å². The molecule has 2 rings (SSSR count). The molecule has 9 nitrogen and oxygen atoms in total. The predicted molar refractivity (Wildman–Crippen MR) is 177 cm³/mol. The first-order chi connectivity index (χ1) is 21.0. The van der Waals surface area contributed by atoms with E-state index in [-0.39, 0.29) is 35.6 Å². The monoisotopic (exact) mass is 613 g/mol. The summed E-state index contributed by atoms with van der Waals surface area (Å²) in [6.07, 6.45) is 8.49. The molecule has 0 aliphatic heterocycles. The van der Waals surface area contributed by atoms with Crippen LogP contribution < -0.4 is 21.3 Å². The van der Waals surface area contributed by atoms with Gasteiger partial charge in [-0.15, -0.1) is 0 Å². The molecule has 248 valence electrons. The van der Waals surface area contributed by atoms with Gasteiger partial charge in [0, 0.05) is 43.3 Å². The number of nitrogens with one attached hydrogen (secondary N) is 4. The summed E-state index contributed by atoms with van der Waals surface area (Å²) in [4.78, 5) is 54.4. The van der Waals surface area contributed by atoms with Crippen LogP contribution in [0.1, 0.15) is 121 Å². The van der Waals surface area contributed by atoms with E-state index in [1.165, 1.54) is 19.3 Å². The molecule has 0 heterocycles. The summed E-state index contributed by atoms with van der Waals surface area (Å²) < 4.78 is 0. The molecule has 0 radical (unpaired) electrons. The van der Waals surface area contributed by atoms with Crippen molar-refractivity contribution in [3.05, 3.63) is 35.4 Å². The third-order valence-corrected chi connectivity index (χ3v) is 8.32. The molecule has 1 saturated carbocycles. The number of benzene rings is 1. The first-order valence-electron chi connectivity index (χ1n) is 17.0. The molecule has 9 heteroatoms. The molecule has 3 atom stereocenters. The Balaban J connectivity index is 2.10. The zero-order valence-electron chi connectivity index (χ0n) is 28.3. The van der Waals surface area contributed by atoms with Crippen molar-refractivity contribution in [2.24, 2.45) is 17.8 Å². The number of carbonyl (C=O) groups excluding carboxylic acids is 4. The maximum Gasteiger partial charge on any atom is 0.253 e. The maximum atomic E-state index is 13.5. The largest absolute Gasteiger partial charge is 0.354 e. The number of rotatable bonds is 18. The van der Waals surface area contributed by atoms with Crippen molar-refractivity contribution in [2.75, 3.05) is 26.2 Å². The fraction of sp³-hybridized carbons (Fsp3) is 0.714. The first kappa shape index (κ1) is 37.2. The Bertz CT molecular complexity index is 1050. The number of amides is 4. The third kappa shape index (κ3) is 12.6. The van der Waals surface area contributed by atoms with Gasteiger partial charge in [0.2, 0.25) is 11.8 Å². The van der Waals surface area contributed by atoms with Crippen LogP contribution in [-0.4, -0.2) is 72.8 Å². The highest BCUT2D eigenvalue weighted by molar-refractivity contribution is 5.99. The Morgan fingerprint density at radius 2 is 1.48 bits per heavy atom. The molecular weight excluding hydrogens is 554 g/mol. The average Bonchev–Trinajstić information content (AvgIpc) is 3.00. The van der Waals surface area contributed by atoms with Gasteiger partial charge in [-0.25, -0.2) is 0 Å². The van der Waals surface area contributed by atoms with E-state index >= 15 is 0 Å². The van der Waals surface area contributed by atoms with Crippen LogP contribution in [0.2, 0.25) is 0 Å². The molecular formula is C35H59N5O4. The van der Waals surface area contributed by atoms with Crippen molar-refractivity contribution in [1.29, 1.82) is 0 Å². The molecule has 4 amide bonds. The zero-order valence-corrected chi connectivity index (χ0v) is 28.3. The topological polar surface area (TPSA) is 120 Å². The van der Waals surface area contributed by atoms with E-state index in [1.807, 2.05) is 32.6 Å². The summed E-state index contributed by atoms with van der Waals surface area (Å²) in [5, 5.41) is 12.4. The van der Waals surface area contributed by atoms with E-state index in [1.54, 1.807) is 31.2 Å². The minimum atomic E-state index is -0.621. The molecule has 1 aliphatic rings. The van der Waals surface area contributed by atoms with E-state index in [0.29, 0.717) is 49.1 Å². The van der Waals surface area contributed by atoms with E-state index in [0.717, 1.165) is 32.1 Å². The van der Waals surface area contributed by atoms with E-state index < -0.39 is 12.1 Å². The van der Waals surface area contributed by atoms with Gasteiger partial charge in [0.1, 0.15) is 6.04 Å². The van der Waals surface area contributed by atoms with Gasteiger partial charge < -0.3 is 26.2 Å². The van der Waals surface area contributed by atoms with Crippen LogP contribution in [-0.2, 0) is 9.59 Å². The predicted octanol–water partition coefficient (Wildman–Crippen LogP) is 4.91. The fourth-order valence-corrected chi connectivity index (χ4v) is 5.76. The summed E-state index contributed by atoms with van der Waals surface area (Å²) in [6.45, 7) is 16.1. The minimum absolute atomic E-state index is 0.0544. The zero-order chi connectivity index (χ0) is 32.6. The highest BCUT2D eigenvalue weighted by atomic mass is 16.2. The Hall–Kier alpha value is -2.94. The second-order valence-corrected chi connectivity index (χ2v) is 13.3. The molecule has 1 fully saturated rings. The summed E-state index contributed by atoms with van der Waals surface area (Å²) in [5.41, 5.74) is 0.972. The van der Waals surface area contributed by atoms with E-state index in [9.17, 15) is 19.2 Å². The van der Waals surface area contributed by atoms with E-state index in [2.05, 4.69) is 35.1 Å². The number of carbonyl (C=O) groups is 4. The van der Waals surface area contributed by atoms with Gasteiger partial charge in [-0.05, 0) is 62.1 Å².